The number of amides is 2. The zero-order chi connectivity index (χ0) is 24.3. The second kappa shape index (κ2) is 9.87. The van der Waals surface area contributed by atoms with E-state index in [1.807, 2.05) is 24.3 Å². The molecule has 7 heteroatoms. The largest absolute Gasteiger partial charge is 0.481 e. The van der Waals surface area contributed by atoms with Gasteiger partial charge in [-0.15, -0.1) is 0 Å². The van der Waals surface area contributed by atoms with Gasteiger partial charge < -0.3 is 20.5 Å². The van der Waals surface area contributed by atoms with Crippen LogP contribution in [0.4, 0.5) is 4.79 Å². The highest BCUT2D eigenvalue weighted by Gasteiger charge is 2.34. The minimum Gasteiger partial charge on any atom is -0.481 e. The molecule has 1 unspecified atom stereocenters. The first kappa shape index (κ1) is 23.8. The summed E-state index contributed by atoms with van der Waals surface area (Å²) in [5, 5.41) is 14.9. The van der Waals surface area contributed by atoms with Gasteiger partial charge in [0.1, 0.15) is 6.61 Å². The van der Waals surface area contributed by atoms with Crippen molar-refractivity contribution in [2.24, 2.45) is 11.8 Å². The Morgan fingerprint density at radius 1 is 1.03 bits per heavy atom. The first-order valence-electron chi connectivity index (χ1n) is 11.9. The first-order chi connectivity index (χ1) is 16.2. The van der Waals surface area contributed by atoms with E-state index in [1.165, 1.54) is 0 Å². The lowest BCUT2D eigenvalue weighted by Crippen LogP contribution is -2.48. The fraction of sp³-hybridized carbons (Fsp3) is 0.444. The van der Waals surface area contributed by atoms with E-state index < -0.39 is 23.5 Å². The Labute approximate surface area is 199 Å². The number of aliphatic carboxylic acids is 1. The average Bonchev–Trinajstić information content (AvgIpc) is 3.06. The number of carboxylic acids is 1. The summed E-state index contributed by atoms with van der Waals surface area (Å²) in [7, 11) is 0. The van der Waals surface area contributed by atoms with Crippen LogP contribution in [0.3, 0.4) is 0 Å². The van der Waals surface area contributed by atoms with Crippen molar-refractivity contribution >= 4 is 18.0 Å². The number of fused-ring (bicyclic) bond motifs is 3. The van der Waals surface area contributed by atoms with Crippen LogP contribution in [0.15, 0.2) is 48.5 Å². The third-order valence-electron chi connectivity index (χ3n) is 6.94. The van der Waals surface area contributed by atoms with E-state index in [9.17, 15) is 19.5 Å². The van der Waals surface area contributed by atoms with Crippen LogP contribution in [0.25, 0.3) is 11.1 Å². The van der Waals surface area contributed by atoms with Gasteiger partial charge in [0, 0.05) is 24.4 Å². The van der Waals surface area contributed by atoms with Gasteiger partial charge >= 0.3 is 12.1 Å². The summed E-state index contributed by atoms with van der Waals surface area (Å²) in [5.74, 6) is -1.64. The summed E-state index contributed by atoms with van der Waals surface area (Å²) >= 11 is 0. The van der Waals surface area contributed by atoms with Crippen molar-refractivity contribution in [1.29, 1.82) is 0 Å². The minimum atomic E-state index is -0.874. The number of alkyl carbamates (subject to hydrolysis) is 1. The zero-order valence-electron chi connectivity index (χ0n) is 19.7. The van der Waals surface area contributed by atoms with Crippen LogP contribution in [-0.4, -0.2) is 41.8 Å². The molecule has 2 aliphatic carbocycles. The fourth-order valence-electron chi connectivity index (χ4n) is 4.94. The number of benzene rings is 2. The van der Waals surface area contributed by atoms with Gasteiger partial charge in [0.2, 0.25) is 5.91 Å². The van der Waals surface area contributed by atoms with Gasteiger partial charge in [-0.05, 0) is 54.9 Å². The molecule has 2 aromatic carbocycles. The van der Waals surface area contributed by atoms with E-state index in [-0.39, 0.29) is 37.3 Å². The number of ether oxygens (including phenoxy) is 1. The number of rotatable bonds is 9. The maximum atomic E-state index is 12.6. The van der Waals surface area contributed by atoms with Crippen LogP contribution in [0.1, 0.15) is 56.6 Å². The molecule has 0 aromatic heterocycles. The molecule has 1 saturated carbocycles. The molecule has 4 rings (SSSR count). The number of hydrogen-bond donors (Lipinski definition) is 3. The first-order valence-corrected chi connectivity index (χ1v) is 11.9. The normalized spacial score (nSPS) is 16.1. The summed E-state index contributed by atoms with van der Waals surface area (Å²) in [6.07, 6.45) is 2.26. The third-order valence-corrected chi connectivity index (χ3v) is 6.94. The van der Waals surface area contributed by atoms with E-state index in [4.69, 9.17) is 4.74 Å². The fourth-order valence-corrected chi connectivity index (χ4v) is 4.94. The molecule has 0 aliphatic heterocycles. The Morgan fingerprint density at radius 3 is 2.15 bits per heavy atom. The number of carbonyl (C=O) groups is 3. The lowest BCUT2D eigenvalue weighted by atomic mass is 9.76. The van der Waals surface area contributed by atoms with Crippen molar-refractivity contribution in [1.82, 2.24) is 10.6 Å². The summed E-state index contributed by atoms with van der Waals surface area (Å²) in [6.45, 7) is 3.80. The Morgan fingerprint density at radius 2 is 1.62 bits per heavy atom. The van der Waals surface area contributed by atoms with Gasteiger partial charge in [-0.3, -0.25) is 9.59 Å². The molecule has 2 aliphatic rings. The molecule has 3 N–H and O–H groups in total. The molecule has 0 bridgehead atoms. The summed E-state index contributed by atoms with van der Waals surface area (Å²) < 4.78 is 5.58. The Kier molecular flexibility index (Phi) is 6.91. The molecule has 0 radical (unpaired) electrons. The molecule has 1 atom stereocenters. The Balaban J connectivity index is 1.29. The molecular weight excluding hydrogens is 432 g/mol. The van der Waals surface area contributed by atoms with Crippen LogP contribution in [-0.2, 0) is 14.3 Å². The molecule has 180 valence electrons. The van der Waals surface area contributed by atoms with E-state index in [2.05, 4.69) is 34.9 Å². The van der Waals surface area contributed by atoms with Crippen LogP contribution in [0.2, 0.25) is 0 Å². The van der Waals surface area contributed by atoms with Crippen molar-refractivity contribution in [3.05, 3.63) is 59.7 Å². The van der Waals surface area contributed by atoms with Crippen molar-refractivity contribution < 1.29 is 24.2 Å². The second-order valence-corrected chi connectivity index (χ2v) is 9.95. The van der Waals surface area contributed by atoms with Crippen molar-refractivity contribution in [3.8, 4) is 11.1 Å². The van der Waals surface area contributed by atoms with Gasteiger partial charge in [0.05, 0.1) is 5.92 Å². The topological polar surface area (TPSA) is 105 Å². The summed E-state index contributed by atoms with van der Waals surface area (Å²) in [6, 6.07) is 16.3. The van der Waals surface area contributed by atoms with Crippen molar-refractivity contribution in [2.45, 2.75) is 51.0 Å². The molecule has 2 aromatic rings. The van der Waals surface area contributed by atoms with Crippen LogP contribution in [0.5, 0.6) is 0 Å². The van der Waals surface area contributed by atoms with Gasteiger partial charge in [0.25, 0.3) is 0 Å². The van der Waals surface area contributed by atoms with E-state index in [0.29, 0.717) is 0 Å². The quantitative estimate of drug-likeness (QED) is 0.513. The van der Waals surface area contributed by atoms with Crippen LogP contribution >= 0.6 is 0 Å². The van der Waals surface area contributed by atoms with Crippen LogP contribution < -0.4 is 10.6 Å². The highest BCUT2D eigenvalue weighted by molar-refractivity contribution is 5.80. The molecule has 1 fully saturated rings. The number of hydrogen-bond acceptors (Lipinski definition) is 4. The predicted octanol–water partition coefficient (Wildman–Crippen LogP) is 4.31. The average molecular weight is 465 g/mol. The van der Waals surface area contributed by atoms with E-state index in [0.717, 1.165) is 41.5 Å². The molecule has 2 amide bonds. The maximum Gasteiger partial charge on any atom is 0.407 e. The SMILES string of the molecule is CC(C)(CC(=O)NCC(C(=O)O)C1CCC1)NC(=O)OCC1c2ccccc2-c2ccccc21. The summed E-state index contributed by atoms with van der Waals surface area (Å²) in [5.41, 5.74) is 3.74. The Bertz CT molecular complexity index is 1030. The van der Waals surface area contributed by atoms with Crippen molar-refractivity contribution in [2.75, 3.05) is 13.2 Å². The van der Waals surface area contributed by atoms with Gasteiger partial charge in [0.15, 0.2) is 0 Å². The molecule has 7 nitrogen and oxygen atoms in total. The molecular formula is C27H32N2O5. The van der Waals surface area contributed by atoms with Crippen LogP contribution in [0, 0.1) is 11.8 Å². The molecule has 0 saturated heterocycles. The third kappa shape index (κ3) is 5.24. The van der Waals surface area contributed by atoms with Gasteiger partial charge in [-0.1, -0.05) is 55.0 Å². The highest BCUT2D eigenvalue weighted by atomic mass is 16.5. The monoisotopic (exact) mass is 464 g/mol. The highest BCUT2D eigenvalue weighted by Crippen LogP contribution is 2.44. The number of carbonyl (C=O) groups excluding carboxylic acids is 2. The van der Waals surface area contributed by atoms with Crippen molar-refractivity contribution in [3.63, 3.8) is 0 Å². The van der Waals surface area contributed by atoms with Gasteiger partial charge in [-0.25, -0.2) is 4.79 Å². The zero-order valence-corrected chi connectivity index (χ0v) is 19.7. The standard InChI is InChI=1S/C27H32N2O5/c1-27(2,14-24(30)28-15-22(25(31)32)17-8-7-9-17)29-26(33)34-16-23-20-12-5-3-10-18(20)19-11-4-6-13-21(19)23/h3-6,10-13,17,22-23H,7-9,14-16H2,1-2H3,(H,28,30)(H,29,33)(H,31,32). The lowest BCUT2D eigenvalue weighted by molar-refractivity contribution is -0.144. The predicted molar refractivity (Wildman–Crippen MR) is 128 cm³/mol. The number of nitrogens with one attached hydrogen (secondary N) is 2. The molecule has 34 heavy (non-hydrogen) atoms. The Hall–Kier alpha value is -3.35. The summed E-state index contributed by atoms with van der Waals surface area (Å²) in [4.78, 5) is 36.5. The van der Waals surface area contributed by atoms with Gasteiger partial charge in [-0.2, -0.15) is 0 Å². The number of carboxylic acid groups (broad SMARTS) is 1. The lowest BCUT2D eigenvalue weighted by Gasteiger charge is -2.31. The minimum absolute atomic E-state index is 0.0220. The molecule has 0 spiro atoms. The smallest absolute Gasteiger partial charge is 0.407 e. The van der Waals surface area contributed by atoms with E-state index in [1.54, 1.807) is 13.8 Å². The molecule has 0 heterocycles. The van der Waals surface area contributed by atoms with E-state index >= 15 is 0 Å². The second-order valence-electron chi connectivity index (χ2n) is 9.95. The maximum absolute atomic E-state index is 12.6.